The van der Waals surface area contributed by atoms with Gasteiger partial charge in [0.1, 0.15) is 0 Å². The maximum absolute atomic E-state index is 12.3. The van der Waals surface area contributed by atoms with Crippen LogP contribution in [-0.2, 0) is 4.79 Å². The van der Waals surface area contributed by atoms with Crippen LogP contribution in [0.1, 0.15) is 6.92 Å². The van der Waals surface area contributed by atoms with Crippen molar-refractivity contribution in [2.45, 2.75) is 6.92 Å². The molecule has 1 aromatic carbocycles. The average molecular weight is 323 g/mol. The third kappa shape index (κ3) is 3.46. The average Bonchev–Trinajstić information content (AvgIpc) is 2.91. The topological polar surface area (TPSA) is 41.1 Å². The molecule has 1 aromatic heterocycles. The molecule has 1 saturated heterocycles. The lowest BCUT2D eigenvalue weighted by molar-refractivity contribution is -0.121. The molecule has 1 aliphatic heterocycles. The van der Waals surface area contributed by atoms with Crippen LogP contribution in [0.15, 0.2) is 41.8 Å². The molecule has 0 bridgehead atoms. The van der Waals surface area contributed by atoms with E-state index in [1.54, 1.807) is 11.3 Å². The number of amides is 1. The second kappa shape index (κ2) is 7.07. The zero-order valence-corrected chi connectivity index (χ0v) is 13.5. The van der Waals surface area contributed by atoms with E-state index in [1.807, 2.05) is 31.2 Å². The third-order valence-corrected chi connectivity index (χ3v) is 4.81. The van der Waals surface area contributed by atoms with Crippen LogP contribution in [0.2, 0.25) is 0 Å². The number of hydrogen-bond donors (Lipinski definition) is 2. The molecule has 2 heterocycles. The molecule has 2 aromatic rings. The summed E-state index contributed by atoms with van der Waals surface area (Å²) in [5.74, 6) is 0.622. The molecular formula is C16H19ClN2OS. The predicted octanol–water partition coefficient (Wildman–Crippen LogP) is 3.63. The van der Waals surface area contributed by atoms with Gasteiger partial charge in [-0.1, -0.05) is 31.2 Å². The fourth-order valence-electron chi connectivity index (χ4n) is 2.36. The predicted molar refractivity (Wildman–Crippen MR) is 91.2 cm³/mol. The Labute approximate surface area is 135 Å². The summed E-state index contributed by atoms with van der Waals surface area (Å²) in [6, 6.07) is 12.1. The summed E-state index contributed by atoms with van der Waals surface area (Å²) in [7, 11) is 0. The van der Waals surface area contributed by atoms with E-state index in [4.69, 9.17) is 0 Å². The summed E-state index contributed by atoms with van der Waals surface area (Å²) < 4.78 is 0. The molecule has 2 N–H and O–H groups in total. The Morgan fingerprint density at radius 1 is 1.29 bits per heavy atom. The van der Waals surface area contributed by atoms with Gasteiger partial charge >= 0.3 is 0 Å². The van der Waals surface area contributed by atoms with Crippen LogP contribution < -0.4 is 10.6 Å². The number of carbonyl (C=O) groups excluding carboxylic acids is 1. The molecule has 3 rings (SSSR count). The van der Waals surface area contributed by atoms with Crippen molar-refractivity contribution in [3.63, 3.8) is 0 Å². The second-order valence-electron chi connectivity index (χ2n) is 5.22. The number of para-hydroxylation sites is 1. The van der Waals surface area contributed by atoms with Crippen molar-refractivity contribution in [3.05, 3.63) is 41.8 Å². The lowest BCUT2D eigenvalue weighted by Crippen LogP contribution is -2.48. The van der Waals surface area contributed by atoms with Gasteiger partial charge in [-0.05, 0) is 36.5 Å². The highest BCUT2D eigenvalue weighted by molar-refractivity contribution is 7.13. The molecule has 21 heavy (non-hydrogen) atoms. The largest absolute Gasteiger partial charge is 0.325 e. The Kier molecular flexibility index (Phi) is 5.39. The van der Waals surface area contributed by atoms with Gasteiger partial charge in [0.25, 0.3) is 0 Å². The van der Waals surface area contributed by atoms with Crippen LogP contribution in [0.4, 0.5) is 5.69 Å². The van der Waals surface area contributed by atoms with Gasteiger partial charge in [0.2, 0.25) is 5.91 Å². The highest BCUT2D eigenvalue weighted by atomic mass is 35.5. The summed E-state index contributed by atoms with van der Waals surface area (Å²) in [5.41, 5.74) is 1.99. The van der Waals surface area contributed by atoms with E-state index in [0.29, 0.717) is 5.92 Å². The van der Waals surface area contributed by atoms with Crippen LogP contribution in [0.3, 0.4) is 0 Å². The molecule has 112 valence electrons. The quantitative estimate of drug-likeness (QED) is 0.902. The fourth-order valence-corrected chi connectivity index (χ4v) is 3.13. The minimum absolute atomic E-state index is 0. The number of nitrogens with one attached hydrogen (secondary N) is 2. The molecule has 0 saturated carbocycles. The third-order valence-electron chi connectivity index (χ3n) is 3.91. The molecule has 1 atom stereocenters. The number of carbonyl (C=O) groups is 1. The smallest absolute Gasteiger partial charge is 0.227 e. The Balaban J connectivity index is 0.00000161. The standard InChI is InChI=1S/C16H18N2OS.ClH/c1-11(12-9-17-10-12)16(19)18-14-6-3-2-5-13(14)15-7-4-8-20-15;/h2-8,11-12,17H,9-10H2,1H3,(H,18,19);1H. The minimum atomic E-state index is 0. The maximum Gasteiger partial charge on any atom is 0.227 e. The van der Waals surface area contributed by atoms with Gasteiger partial charge in [-0.3, -0.25) is 4.79 Å². The van der Waals surface area contributed by atoms with Crippen molar-refractivity contribution in [1.82, 2.24) is 5.32 Å². The Morgan fingerprint density at radius 2 is 2.05 bits per heavy atom. The lowest BCUT2D eigenvalue weighted by atomic mass is 9.88. The summed E-state index contributed by atoms with van der Waals surface area (Å²) in [5, 5.41) is 8.36. The van der Waals surface area contributed by atoms with E-state index >= 15 is 0 Å². The lowest BCUT2D eigenvalue weighted by Gasteiger charge is -2.31. The molecule has 1 aliphatic rings. The first-order valence-electron chi connectivity index (χ1n) is 6.90. The van der Waals surface area contributed by atoms with E-state index in [1.165, 1.54) is 4.88 Å². The van der Waals surface area contributed by atoms with Gasteiger partial charge in [0.05, 0.1) is 0 Å². The zero-order valence-electron chi connectivity index (χ0n) is 11.8. The van der Waals surface area contributed by atoms with Crippen molar-refractivity contribution >= 4 is 35.3 Å². The molecule has 5 heteroatoms. The molecule has 1 unspecified atom stereocenters. The van der Waals surface area contributed by atoms with E-state index in [0.717, 1.165) is 24.3 Å². The molecule has 0 radical (unpaired) electrons. The zero-order chi connectivity index (χ0) is 13.9. The van der Waals surface area contributed by atoms with E-state index in [9.17, 15) is 4.79 Å². The highest BCUT2D eigenvalue weighted by Crippen LogP contribution is 2.32. The van der Waals surface area contributed by atoms with E-state index < -0.39 is 0 Å². The van der Waals surface area contributed by atoms with Gasteiger partial charge < -0.3 is 10.6 Å². The molecule has 1 amide bonds. The first-order chi connectivity index (χ1) is 9.75. The maximum atomic E-state index is 12.3. The van der Waals surface area contributed by atoms with Crippen LogP contribution in [0, 0.1) is 11.8 Å². The summed E-state index contributed by atoms with van der Waals surface area (Å²) in [6.45, 7) is 3.90. The normalized spacial score (nSPS) is 15.7. The van der Waals surface area contributed by atoms with Crippen molar-refractivity contribution in [2.24, 2.45) is 11.8 Å². The van der Waals surface area contributed by atoms with Gasteiger partial charge in [0, 0.05) is 22.0 Å². The Hall–Kier alpha value is -1.36. The summed E-state index contributed by atoms with van der Waals surface area (Å²) in [4.78, 5) is 13.5. The highest BCUT2D eigenvalue weighted by Gasteiger charge is 2.28. The summed E-state index contributed by atoms with van der Waals surface area (Å²) in [6.07, 6.45) is 0. The second-order valence-corrected chi connectivity index (χ2v) is 6.17. The van der Waals surface area contributed by atoms with Crippen LogP contribution in [0.25, 0.3) is 10.4 Å². The first-order valence-corrected chi connectivity index (χ1v) is 7.78. The number of anilines is 1. The van der Waals surface area contributed by atoms with Gasteiger partial charge in [-0.2, -0.15) is 0 Å². The van der Waals surface area contributed by atoms with Crippen molar-refractivity contribution in [2.75, 3.05) is 18.4 Å². The number of halogens is 1. The molecule has 3 nitrogen and oxygen atoms in total. The number of thiophene rings is 1. The Morgan fingerprint density at radius 3 is 2.67 bits per heavy atom. The first kappa shape index (κ1) is 16.0. The van der Waals surface area contributed by atoms with Gasteiger partial charge in [-0.15, -0.1) is 23.7 Å². The number of rotatable bonds is 4. The van der Waals surface area contributed by atoms with Crippen LogP contribution in [-0.4, -0.2) is 19.0 Å². The van der Waals surface area contributed by atoms with Crippen molar-refractivity contribution in [3.8, 4) is 10.4 Å². The van der Waals surface area contributed by atoms with E-state index in [2.05, 4.69) is 28.1 Å². The molecule has 1 fully saturated rings. The fraction of sp³-hybridized carbons (Fsp3) is 0.312. The molecular weight excluding hydrogens is 304 g/mol. The number of hydrogen-bond acceptors (Lipinski definition) is 3. The van der Waals surface area contributed by atoms with Crippen LogP contribution in [0.5, 0.6) is 0 Å². The van der Waals surface area contributed by atoms with Crippen molar-refractivity contribution < 1.29 is 4.79 Å². The van der Waals surface area contributed by atoms with Crippen molar-refractivity contribution in [1.29, 1.82) is 0 Å². The number of benzene rings is 1. The SMILES string of the molecule is CC(C(=O)Nc1ccccc1-c1cccs1)C1CNC1.Cl. The molecule has 0 spiro atoms. The Bertz CT molecular complexity index is 596. The monoisotopic (exact) mass is 322 g/mol. The van der Waals surface area contributed by atoms with E-state index in [-0.39, 0.29) is 24.2 Å². The molecule has 0 aliphatic carbocycles. The summed E-state index contributed by atoms with van der Waals surface area (Å²) >= 11 is 1.69. The van der Waals surface area contributed by atoms with Crippen LogP contribution >= 0.6 is 23.7 Å². The van der Waals surface area contributed by atoms with Gasteiger partial charge in [0.15, 0.2) is 0 Å². The minimum Gasteiger partial charge on any atom is -0.325 e. The van der Waals surface area contributed by atoms with Gasteiger partial charge in [-0.25, -0.2) is 0 Å².